The number of hydrogen-bond acceptors (Lipinski definition) is 2. The van der Waals surface area contributed by atoms with Crippen LogP contribution in [0.1, 0.15) is 17.2 Å². The maximum absolute atomic E-state index is 13.4. The lowest BCUT2D eigenvalue weighted by Gasteiger charge is -2.18. The maximum atomic E-state index is 13.4. The third-order valence-electron chi connectivity index (χ3n) is 2.90. The molecule has 106 valence electrons. The van der Waals surface area contributed by atoms with Crippen molar-refractivity contribution < 1.29 is 4.39 Å². The monoisotopic (exact) mass is 512 g/mol. The van der Waals surface area contributed by atoms with Crippen molar-refractivity contribution in [2.24, 2.45) is 5.84 Å². The summed E-state index contributed by atoms with van der Waals surface area (Å²) < 4.78 is 16.3. The topological polar surface area (TPSA) is 38.0 Å². The minimum atomic E-state index is -0.258. The zero-order valence-corrected chi connectivity index (χ0v) is 15.7. The van der Waals surface area contributed by atoms with Gasteiger partial charge in [-0.3, -0.25) is 11.3 Å². The van der Waals surface area contributed by atoms with Gasteiger partial charge < -0.3 is 0 Å². The Labute approximate surface area is 147 Å². The van der Waals surface area contributed by atoms with Gasteiger partial charge in [0.1, 0.15) is 5.82 Å². The second-order valence-corrected chi connectivity index (χ2v) is 7.38. The van der Waals surface area contributed by atoms with Crippen LogP contribution < -0.4 is 11.3 Å². The first-order valence-electron chi connectivity index (χ1n) is 5.85. The summed E-state index contributed by atoms with van der Waals surface area (Å²) in [5, 5.41) is 0. The Morgan fingerprint density at radius 3 is 2.60 bits per heavy atom. The third-order valence-corrected chi connectivity index (χ3v) is 4.75. The number of hydrazine groups is 1. The van der Waals surface area contributed by atoms with Gasteiger partial charge in [0.15, 0.2) is 0 Å². The molecule has 0 aliphatic heterocycles. The number of hydrogen-bond donors (Lipinski definition) is 2. The molecule has 0 heterocycles. The second-order valence-electron chi connectivity index (χ2n) is 4.37. The van der Waals surface area contributed by atoms with Crippen LogP contribution >= 0.6 is 54.5 Å². The molecule has 6 heteroatoms. The molecular formula is C14H12Br2FIN2. The molecule has 0 aliphatic rings. The highest BCUT2D eigenvalue weighted by atomic mass is 127. The Balaban J connectivity index is 2.31. The van der Waals surface area contributed by atoms with Crippen LogP contribution in [-0.2, 0) is 6.42 Å². The highest BCUT2D eigenvalue weighted by Gasteiger charge is 2.15. The normalized spacial score (nSPS) is 12.4. The summed E-state index contributed by atoms with van der Waals surface area (Å²) in [5.74, 6) is 5.41. The van der Waals surface area contributed by atoms with E-state index in [1.807, 2.05) is 18.2 Å². The first-order valence-corrected chi connectivity index (χ1v) is 8.52. The molecule has 0 saturated heterocycles. The average Bonchev–Trinajstić information content (AvgIpc) is 2.38. The molecule has 0 saturated carbocycles. The standard InChI is InChI=1S/C14H12Br2FIN2/c15-9-3-8(4-10(17)6-9)5-14(20-19)12-7-11(18)1-2-13(12)16/h1-4,6-7,14,20H,5,19H2. The van der Waals surface area contributed by atoms with Crippen molar-refractivity contribution in [2.45, 2.75) is 12.5 Å². The molecule has 1 unspecified atom stereocenters. The van der Waals surface area contributed by atoms with Gasteiger partial charge in [0.2, 0.25) is 0 Å². The molecule has 0 fully saturated rings. The molecule has 0 spiro atoms. The summed E-state index contributed by atoms with van der Waals surface area (Å²) in [6.45, 7) is 0. The van der Waals surface area contributed by atoms with E-state index in [9.17, 15) is 4.39 Å². The predicted octanol–water partition coefficient (Wildman–Crippen LogP) is 4.70. The Morgan fingerprint density at radius 1 is 1.20 bits per heavy atom. The fourth-order valence-electron chi connectivity index (χ4n) is 2.00. The van der Waals surface area contributed by atoms with E-state index in [1.165, 1.54) is 12.1 Å². The number of rotatable bonds is 4. The highest BCUT2D eigenvalue weighted by Crippen LogP contribution is 2.28. The van der Waals surface area contributed by atoms with E-state index in [1.54, 1.807) is 0 Å². The van der Waals surface area contributed by atoms with Gasteiger partial charge in [0.05, 0.1) is 6.04 Å². The van der Waals surface area contributed by atoms with Crippen LogP contribution in [0.3, 0.4) is 0 Å². The SMILES string of the molecule is NNC(Cc1cc(F)cc(Br)c1)c1cc(I)ccc1Br. The molecule has 0 aromatic heterocycles. The highest BCUT2D eigenvalue weighted by molar-refractivity contribution is 14.1. The van der Waals surface area contributed by atoms with Crippen LogP contribution in [0.4, 0.5) is 4.39 Å². The van der Waals surface area contributed by atoms with Gasteiger partial charge in [-0.2, -0.15) is 0 Å². The summed E-state index contributed by atoms with van der Waals surface area (Å²) in [6, 6.07) is 10.8. The van der Waals surface area contributed by atoms with Crippen LogP contribution in [0.5, 0.6) is 0 Å². The third kappa shape index (κ3) is 4.24. The molecule has 2 aromatic rings. The van der Waals surface area contributed by atoms with Gasteiger partial charge in [-0.1, -0.05) is 31.9 Å². The van der Waals surface area contributed by atoms with Crippen LogP contribution in [0, 0.1) is 9.39 Å². The first-order chi connectivity index (χ1) is 9.49. The molecular weight excluding hydrogens is 502 g/mol. The number of nitrogens with one attached hydrogen (secondary N) is 1. The van der Waals surface area contributed by atoms with Gasteiger partial charge in [0, 0.05) is 12.5 Å². The fraction of sp³-hybridized carbons (Fsp3) is 0.143. The lowest BCUT2D eigenvalue weighted by atomic mass is 9.99. The number of nitrogens with two attached hydrogens (primary N) is 1. The summed E-state index contributed by atoms with van der Waals surface area (Å²) >= 11 is 9.09. The number of halogens is 4. The molecule has 0 aliphatic carbocycles. The van der Waals surface area contributed by atoms with E-state index < -0.39 is 0 Å². The van der Waals surface area contributed by atoms with Crippen LogP contribution in [0.25, 0.3) is 0 Å². The molecule has 2 aromatic carbocycles. The maximum Gasteiger partial charge on any atom is 0.124 e. The van der Waals surface area contributed by atoms with E-state index >= 15 is 0 Å². The van der Waals surface area contributed by atoms with Gasteiger partial charge in [-0.15, -0.1) is 0 Å². The van der Waals surface area contributed by atoms with E-state index in [4.69, 9.17) is 5.84 Å². The first kappa shape index (κ1) is 16.4. The zero-order valence-electron chi connectivity index (χ0n) is 10.3. The molecule has 0 amide bonds. The Bertz CT molecular complexity index is 602. The Kier molecular flexibility index (Phi) is 5.97. The van der Waals surface area contributed by atoms with Crippen LogP contribution in [-0.4, -0.2) is 0 Å². The summed E-state index contributed by atoms with van der Waals surface area (Å²) in [4.78, 5) is 0. The van der Waals surface area contributed by atoms with E-state index in [2.05, 4.69) is 65.9 Å². The van der Waals surface area contributed by atoms with Crippen molar-refractivity contribution in [2.75, 3.05) is 0 Å². The Hall–Kier alpha value is -0.0200. The van der Waals surface area contributed by atoms with Gasteiger partial charge in [-0.05, 0) is 76.5 Å². The zero-order chi connectivity index (χ0) is 14.7. The largest absolute Gasteiger partial charge is 0.271 e. The van der Waals surface area contributed by atoms with Crippen molar-refractivity contribution >= 4 is 54.5 Å². The molecule has 3 N–H and O–H groups in total. The lowest BCUT2D eigenvalue weighted by Crippen LogP contribution is -2.30. The molecule has 20 heavy (non-hydrogen) atoms. The van der Waals surface area contributed by atoms with Gasteiger partial charge in [-0.25, -0.2) is 4.39 Å². The Morgan fingerprint density at radius 2 is 1.95 bits per heavy atom. The summed E-state index contributed by atoms with van der Waals surface area (Å²) in [7, 11) is 0. The van der Waals surface area contributed by atoms with Gasteiger partial charge in [0.25, 0.3) is 0 Å². The van der Waals surface area contributed by atoms with Crippen LogP contribution in [0.15, 0.2) is 45.3 Å². The van der Waals surface area contributed by atoms with E-state index in [0.29, 0.717) is 6.42 Å². The van der Waals surface area contributed by atoms with E-state index in [0.717, 1.165) is 23.6 Å². The van der Waals surface area contributed by atoms with Crippen molar-refractivity contribution in [1.29, 1.82) is 0 Å². The van der Waals surface area contributed by atoms with E-state index in [-0.39, 0.29) is 11.9 Å². The quantitative estimate of drug-likeness (QED) is 0.353. The molecule has 0 radical (unpaired) electrons. The predicted molar refractivity (Wildman–Crippen MR) is 94.7 cm³/mol. The van der Waals surface area contributed by atoms with Crippen LogP contribution in [0.2, 0.25) is 0 Å². The van der Waals surface area contributed by atoms with Crippen molar-refractivity contribution in [1.82, 2.24) is 5.43 Å². The molecule has 1 atom stereocenters. The number of benzene rings is 2. The van der Waals surface area contributed by atoms with Crippen molar-refractivity contribution in [3.63, 3.8) is 0 Å². The average molecular weight is 514 g/mol. The molecule has 2 nitrogen and oxygen atoms in total. The minimum Gasteiger partial charge on any atom is -0.271 e. The molecule has 2 rings (SSSR count). The fourth-order valence-corrected chi connectivity index (χ4v) is 3.56. The minimum absolute atomic E-state index is 0.0900. The van der Waals surface area contributed by atoms with Gasteiger partial charge >= 0.3 is 0 Å². The smallest absolute Gasteiger partial charge is 0.124 e. The van der Waals surface area contributed by atoms with Crippen molar-refractivity contribution in [3.05, 3.63) is 65.9 Å². The lowest BCUT2D eigenvalue weighted by molar-refractivity contribution is 0.546. The summed E-state index contributed by atoms with van der Waals surface area (Å²) in [5.41, 5.74) is 4.74. The summed E-state index contributed by atoms with van der Waals surface area (Å²) in [6.07, 6.45) is 0.603. The van der Waals surface area contributed by atoms with Crippen molar-refractivity contribution in [3.8, 4) is 0 Å². The second kappa shape index (κ2) is 7.31. The molecule has 0 bridgehead atoms.